The minimum atomic E-state index is -0.578. The average molecular weight is 436 g/mol. The summed E-state index contributed by atoms with van der Waals surface area (Å²) in [6.45, 7) is 9.48. The Morgan fingerprint density at radius 2 is 1.75 bits per heavy atom. The van der Waals surface area contributed by atoms with E-state index >= 15 is 0 Å². The molecule has 0 fully saturated rings. The van der Waals surface area contributed by atoms with Crippen LogP contribution in [0.25, 0.3) is 11.3 Å². The van der Waals surface area contributed by atoms with Gasteiger partial charge in [-0.05, 0) is 48.7 Å². The zero-order chi connectivity index (χ0) is 23.0. The Morgan fingerprint density at radius 1 is 1.09 bits per heavy atom. The van der Waals surface area contributed by atoms with Crippen LogP contribution in [0, 0.1) is 18.2 Å². The summed E-state index contributed by atoms with van der Waals surface area (Å²) in [6.07, 6.45) is 0. The van der Waals surface area contributed by atoms with Gasteiger partial charge >= 0.3 is 0 Å². The van der Waals surface area contributed by atoms with Crippen LogP contribution in [0.4, 0.5) is 15.9 Å². The Bertz CT molecular complexity index is 1110. The summed E-state index contributed by atoms with van der Waals surface area (Å²) in [5.74, 6) is 1.25. The molecule has 1 aliphatic heterocycles. The van der Waals surface area contributed by atoms with Crippen LogP contribution < -0.4 is 11.1 Å². The number of hydrogen-bond donors (Lipinski definition) is 2. The van der Waals surface area contributed by atoms with Crippen molar-refractivity contribution in [1.82, 2.24) is 14.5 Å². The van der Waals surface area contributed by atoms with Crippen molar-refractivity contribution in [3.05, 3.63) is 65.7 Å². The summed E-state index contributed by atoms with van der Waals surface area (Å²) < 4.78 is 15.6. The number of amides is 1. The monoisotopic (exact) mass is 435 g/mol. The lowest BCUT2D eigenvalue weighted by atomic mass is 9.86. The number of carbonyl (C=O) groups is 1. The number of anilines is 2. The van der Waals surface area contributed by atoms with Gasteiger partial charge in [0.05, 0.1) is 12.6 Å². The molecule has 0 radical (unpaired) electrons. The maximum atomic E-state index is 13.5. The predicted molar refractivity (Wildman–Crippen MR) is 125 cm³/mol. The fourth-order valence-electron chi connectivity index (χ4n) is 3.80. The third-order valence-electron chi connectivity index (χ3n) is 5.92. The molecule has 0 saturated carbocycles. The number of benzene rings is 2. The van der Waals surface area contributed by atoms with E-state index in [1.54, 1.807) is 17.0 Å². The summed E-state index contributed by atoms with van der Waals surface area (Å²) >= 11 is 0. The molecule has 6 nitrogen and oxygen atoms in total. The molecule has 0 bridgehead atoms. The highest BCUT2D eigenvalue weighted by molar-refractivity contribution is 5.83. The smallest absolute Gasteiger partial charge is 0.240 e. The largest absolute Gasteiger partial charge is 0.340 e. The van der Waals surface area contributed by atoms with Gasteiger partial charge in [-0.15, -0.1) is 0 Å². The molecular weight excluding hydrogens is 405 g/mol. The van der Waals surface area contributed by atoms with Crippen molar-refractivity contribution in [2.45, 2.75) is 46.8 Å². The van der Waals surface area contributed by atoms with Crippen molar-refractivity contribution in [2.75, 3.05) is 11.9 Å². The number of halogens is 1. The summed E-state index contributed by atoms with van der Waals surface area (Å²) in [7, 11) is 0. The second-order valence-corrected chi connectivity index (χ2v) is 9.48. The lowest BCUT2D eigenvalue weighted by molar-refractivity contribution is -0.136. The maximum Gasteiger partial charge on any atom is 0.240 e. The molecule has 0 saturated heterocycles. The van der Waals surface area contributed by atoms with Gasteiger partial charge in [-0.1, -0.05) is 38.5 Å². The molecule has 3 aromatic rings. The molecule has 1 amide bonds. The van der Waals surface area contributed by atoms with Crippen LogP contribution in [0.1, 0.15) is 32.2 Å². The number of nitrogens with zero attached hydrogens (tertiary/aromatic N) is 3. The van der Waals surface area contributed by atoms with E-state index in [0.29, 0.717) is 19.6 Å². The van der Waals surface area contributed by atoms with Crippen molar-refractivity contribution in [2.24, 2.45) is 11.1 Å². The first-order chi connectivity index (χ1) is 15.1. The minimum Gasteiger partial charge on any atom is -0.340 e. The molecule has 2 aromatic carbocycles. The number of aryl methyl sites for hydroxylation is 1. The molecule has 1 aliphatic rings. The van der Waals surface area contributed by atoms with E-state index in [4.69, 9.17) is 10.7 Å². The summed E-state index contributed by atoms with van der Waals surface area (Å²) in [4.78, 5) is 19.6. The topological polar surface area (TPSA) is 76.2 Å². The molecule has 2 heterocycles. The molecule has 32 heavy (non-hydrogen) atoms. The fraction of sp³-hybridized carbons (Fsp3) is 0.360. The van der Waals surface area contributed by atoms with E-state index in [-0.39, 0.29) is 17.1 Å². The second kappa shape index (κ2) is 8.39. The summed E-state index contributed by atoms with van der Waals surface area (Å²) in [5.41, 5.74) is 9.57. The predicted octanol–water partition coefficient (Wildman–Crippen LogP) is 4.46. The third kappa shape index (κ3) is 4.39. The van der Waals surface area contributed by atoms with E-state index in [2.05, 4.69) is 9.88 Å². The Labute approximate surface area is 188 Å². The Hall–Kier alpha value is -3.19. The molecular formula is C25H30FN5O. The van der Waals surface area contributed by atoms with Crippen LogP contribution in [0.15, 0.2) is 48.5 Å². The number of fused-ring (bicyclic) bond motifs is 1. The van der Waals surface area contributed by atoms with Gasteiger partial charge in [0.15, 0.2) is 0 Å². The molecule has 1 unspecified atom stereocenters. The summed E-state index contributed by atoms with van der Waals surface area (Å²) in [6, 6.07) is 13.9. The second-order valence-electron chi connectivity index (χ2n) is 9.48. The number of aromatic nitrogens is 2. The van der Waals surface area contributed by atoms with Crippen LogP contribution in [0.5, 0.6) is 0 Å². The lowest BCUT2D eigenvalue weighted by Crippen LogP contribution is -2.52. The van der Waals surface area contributed by atoms with Crippen LogP contribution in [-0.2, 0) is 17.9 Å². The Morgan fingerprint density at radius 3 is 2.38 bits per heavy atom. The SMILES string of the molecule is Cc1ccc(Nc2c(-c3ccc(F)cc3)nc3n2CCN(C(=O)C(N)C(C)(C)C)C3)cc1. The van der Waals surface area contributed by atoms with E-state index in [9.17, 15) is 9.18 Å². The van der Waals surface area contributed by atoms with E-state index in [0.717, 1.165) is 28.6 Å². The molecule has 4 rings (SSSR count). The number of hydrogen-bond acceptors (Lipinski definition) is 4. The molecule has 1 atom stereocenters. The quantitative estimate of drug-likeness (QED) is 0.635. The van der Waals surface area contributed by atoms with Gasteiger partial charge in [-0.25, -0.2) is 9.37 Å². The summed E-state index contributed by atoms with van der Waals surface area (Å²) in [5, 5.41) is 3.49. The van der Waals surface area contributed by atoms with Crippen molar-refractivity contribution in [3.63, 3.8) is 0 Å². The highest BCUT2D eigenvalue weighted by Crippen LogP contribution is 2.34. The molecule has 0 spiro atoms. The third-order valence-corrected chi connectivity index (χ3v) is 5.92. The van der Waals surface area contributed by atoms with E-state index < -0.39 is 6.04 Å². The first kappa shape index (κ1) is 22.0. The van der Waals surface area contributed by atoms with Gasteiger partial charge in [0.1, 0.15) is 23.2 Å². The normalized spacial score (nSPS) is 14.8. The lowest BCUT2D eigenvalue weighted by Gasteiger charge is -2.34. The van der Waals surface area contributed by atoms with Gasteiger partial charge in [0.25, 0.3) is 0 Å². The first-order valence-corrected chi connectivity index (χ1v) is 10.9. The van der Waals surface area contributed by atoms with Crippen LogP contribution in [-0.4, -0.2) is 32.9 Å². The standard InChI is InChI=1S/C25H30FN5O/c1-16-5-11-19(12-6-16)28-23-21(17-7-9-18(26)10-8-17)29-20-15-30(13-14-31(20)23)24(32)22(27)25(2,3)4/h5-12,22,28H,13-15,27H2,1-4H3. The van der Waals surface area contributed by atoms with Crippen molar-refractivity contribution in [3.8, 4) is 11.3 Å². The average Bonchev–Trinajstić information content (AvgIpc) is 3.11. The highest BCUT2D eigenvalue weighted by atomic mass is 19.1. The number of nitrogens with one attached hydrogen (secondary N) is 1. The van der Waals surface area contributed by atoms with Gasteiger partial charge in [0.2, 0.25) is 5.91 Å². The van der Waals surface area contributed by atoms with Crippen molar-refractivity contribution >= 4 is 17.4 Å². The van der Waals surface area contributed by atoms with Gasteiger partial charge in [-0.3, -0.25) is 4.79 Å². The molecule has 168 valence electrons. The van der Waals surface area contributed by atoms with Gasteiger partial charge < -0.3 is 20.5 Å². The van der Waals surface area contributed by atoms with Gasteiger partial charge in [-0.2, -0.15) is 0 Å². The minimum absolute atomic E-state index is 0.0666. The Balaban J connectivity index is 1.70. The maximum absolute atomic E-state index is 13.5. The van der Waals surface area contributed by atoms with E-state index in [1.807, 2.05) is 52.0 Å². The molecule has 1 aromatic heterocycles. The Kier molecular flexibility index (Phi) is 5.77. The van der Waals surface area contributed by atoms with Crippen LogP contribution in [0.3, 0.4) is 0 Å². The van der Waals surface area contributed by atoms with E-state index in [1.165, 1.54) is 17.7 Å². The number of nitrogens with two attached hydrogens (primary N) is 1. The zero-order valence-corrected chi connectivity index (χ0v) is 19.0. The molecule has 7 heteroatoms. The number of imidazole rings is 1. The highest BCUT2D eigenvalue weighted by Gasteiger charge is 2.34. The molecule has 0 aliphatic carbocycles. The van der Waals surface area contributed by atoms with Crippen LogP contribution in [0.2, 0.25) is 0 Å². The number of carbonyl (C=O) groups excluding carboxylic acids is 1. The zero-order valence-electron chi connectivity index (χ0n) is 19.0. The van der Waals surface area contributed by atoms with Crippen LogP contribution >= 0.6 is 0 Å². The number of rotatable bonds is 4. The molecule has 3 N–H and O–H groups in total. The first-order valence-electron chi connectivity index (χ1n) is 10.9. The van der Waals surface area contributed by atoms with Crippen molar-refractivity contribution in [1.29, 1.82) is 0 Å². The fourth-order valence-corrected chi connectivity index (χ4v) is 3.80. The van der Waals surface area contributed by atoms with Crippen molar-refractivity contribution < 1.29 is 9.18 Å². The van der Waals surface area contributed by atoms with Gasteiger partial charge in [0, 0.05) is 24.3 Å².